The van der Waals surface area contributed by atoms with Gasteiger partial charge in [0.1, 0.15) is 0 Å². The van der Waals surface area contributed by atoms with Crippen molar-refractivity contribution in [2.75, 3.05) is 14.2 Å². The van der Waals surface area contributed by atoms with E-state index in [0.717, 1.165) is 0 Å². The maximum absolute atomic E-state index is 6.07. The molecule has 4 unspecified atom stereocenters. The molecule has 2 nitrogen and oxygen atoms in total. The molecule has 0 N–H and O–H groups in total. The van der Waals surface area contributed by atoms with Crippen molar-refractivity contribution >= 4 is 0 Å². The zero-order chi connectivity index (χ0) is 16.0. The Morgan fingerprint density at radius 2 is 0.833 bits per heavy atom. The predicted molar refractivity (Wildman–Crippen MR) is 92.4 cm³/mol. The Morgan fingerprint density at radius 3 is 1.08 bits per heavy atom. The summed E-state index contributed by atoms with van der Waals surface area (Å²) in [5.74, 6) is 3.45. The first kappa shape index (κ1) is 13.6. The standard InChI is InChI=1S/C22H22O2/c1-23-21-15-11-7-3-4-8-12(11)16(21)20-18-14-10-6-5-9-13(14)17(19(15)20)22(18)24-2/h3-10,15-22H,1-2H3/t15-,16+,17+,18-,19?,20?,21?,22?. The predicted octanol–water partition coefficient (Wildman–Crippen LogP) is 4.04. The van der Waals surface area contributed by atoms with Crippen LogP contribution in [0.2, 0.25) is 0 Å². The van der Waals surface area contributed by atoms with E-state index in [-0.39, 0.29) is 0 Å². The highest BCUT2D eigenvalue weighted by Crippen LogP contribution is 2.75. The third kappa shape index (κ3) is 1.31. The molecule has 2 saturated carbocycles. The van der Waals surface area contributed by atoms with Gasteiger partial charge in [-0.05, 0) is 34.1 Å². The monoisotopic (exact) mass is 318 g/mol. The molecule has 8 atom stereocenters. The van der Waals surface area contributed by atoms with Gasteiger partial charge in [-0.2, -0.15) is 0 Å². The van der Waals surface area contributed by atoms with Crippen LogP contribution in [0.5, 0.6) is 0 Å². The number of fused-ring (bicyclic) bond motifs is 15. The van der Waals surface area contributed by atoms with Crippen molar-refractivity contribution in [2.24, 2.45) is 11.8 Å². The Hall–Kier alpha value is -1.64. The number of hydrogen-bond donors (Lipinski definition) is 0. The van der Waals surface area contributed by atoms with Gasteiger partial charge in [0.2, 0.25) is 0 Å². The summed E-state index contributed by atoms with van der Waals surface area (Å²) in [5.41, 5.74) is 6.15. The van der Waals surface area contributed by atoms with E-state index in [2.05, 4.69) is 48.5 Å². The van der Waals surface area contributed by atoms with Crippen molar-refractivity contribution in [3.63, 3.8) is 0 Å². The molecule has 0 spiro atoms. The van der Waals surface area contributed by atoms with E-state index >= 15 is 0 Å². The van der Waals surface area contributed by atoms with Crippen LogP contribution in [0.4, 0.5) is 0 Å². The van der Waals surface area contributed by atoms with Crippen LogP contribution >= 0.6 is 0 Å². The number of hydrogen-bond acceptors (Lipinski definition) is 2. The van der Waals surface area contributed by atoms with Crippen LogP contribution in [-0.2, 0) is 9.47 Å². The molecule has 0 amide bonds. The molecule has 0 radical (unpaired) electrons. The molecule has 4 aliphatic rings. The van der Waals surface area contributed by atoms with E-state index in [1.54, 1.807) is 0 Å². The molecule has 4 bridgehead atoms. The van der Waals surface area contributed by atoms with E-state index in [0.29, 0.717) is 47.7 Å². The molecular formula is C22H22O2. The third-order valence-corrected chi connectivity index (χ3v) is 7.49. The van der Waals surface area contributed by atoms with E-state index < -0.39 is 0 Å². The van der Waals surface area contributed by atoms with Gasteiger partial charge in [0, 0.05) is 37.9 Å². The fraction of sp³-hybridized carbons (Fsp3) is 0.455. The van der Waals surface area contributed by atoms with Crippen molar-refractivity contribution in [3.05, 3.63) is 70.8 Å². The average molecular weight is 318 g/mol. The van der Waals surface area contributed by atoms with Crippen molar-refractivity contribution < 1.29 is 9.47 Å². The van der Waals surface area contributed by atoms with Crippen molar-refractivity contribution in [1.82, 2.24) is 0 Å². The summed E-state index contributed by atoms with van der Waals surface area (Å²) in [6.45, 7) is 0. The maximum Gasteiger partial charge on any atom is 0.0714 e. The second kappa shape index (κ2) is 4.50. The topological polar surface area (TPSA) is 18.5 Å². The van der Waals surface area contributed by atoms with Crippen LogP contribution in [0.15, 0.2) is 48.5 Å². The summed E-state index contributed by atoms with van der Waals surface area (Å²) in [6.07, 6.45) is 0.684. The van der Waals surface area contributed by atoms with Gasteiger partial charge < -0.3 is 9.47 Å². The largest absolute Gasteiger partial charge is 0.380 e. The van der Waals surface area contributed by atoms with Crippen LogP contribution in [0.3, 0.4) is 0 Å². The van der Waals surface area contributed by atoms with Crippen LogP contribution < -0.4 is 0 Å². The molecule has 0 heterocycles. The first-order valence-corrected chi connectivity index (χ1v) is 9.10. The van der Waals surface area contributed by atoms with Crippen LogP contribution in [0.25, 0.3) is 0 Å². The van der Waals surface area contributed by atoms with Crippen molar-refractivity contribution in [3.8, 4) is 0 Å². The van der Waals surface area contributed by atoms with Crippen molar-refractivity contribution in [1.29, 1.82) is 0 Å². The SMILES string of the molecule is COC1[C@H]2c3ccccc3[C@@H]1C1C2[C@H]2c3ccccc3[C@@H]1C2OC. The lowest BCUT2D eigenvalue weighted by atomic mass is 9.67. The Labute approximate surface area is 142 Å². The highest BCUT2D eigenvalue weighted by molar-refractivity contribution is 5.55. The first-order valence-electron chi connectivity index (χ1n) is 9.10. The highest BCUT2D eigenvalue weighted by Gasteiger charge is 2.70. The Morgan fingerprint density at radius 1 is 0.542 bits per heavy atom. The van der Waals surface area contributed by atoms with Crippen LogP contribution in [0.1, 0.15) is 45.9 Å². The van der Waals surface area contributed by atoms with E-state index in [1.165, 1.54) is 22.3 Å². The van der Waals surface area contributed by atoms with Gasteiger partial charge in [0.25, 0.3) is 0 Å². The van der Waals surface area contributed by atoms with E-state index in [1.807, 2.05) is 14.2 Å². The third-order valence-electron chi connectivity index (χ3n) is 7.49. The van der Waals surface area contributed by atoms with Gasteiger partial charge in [-0.25, -0.2) is 0 Å². The second-order valence-corrected chi connectivity index (χ2v) is 7.92. The molecule has 4 aliphatic carbocycles. The number of rotatable bonds is 2. The first-order chi connectivity index (χ1) is 11.9. The summed E-state index contributed by atoms with van der Waals surface area (Å²) in [4.78, 5) is 0. The lowest BCUT2D eigenvalue weighted by Crippen LogP contribution is -2.26. The van der Waals surface area contributed by atoms with Gasteiger partial charge in [-0.1, -0.05) is 48.5 Å². The quantitative estimate of drug-likeness (QED) is 0.778. The minimum atomic E-state index is 0.342. The zero-order valence-corrected chi connectivity index (χ0v) is 14.1. The molecule has 2 fully saturated rings. The van der Waals surface area contributed by atoms with Gasteiger partial charge in [0.05, 0.1) is 12.2 Å². The fourth-order valence-electron chi connectivity index (χ4n) is 7.09. The molecule has 6 rings (SSSR count). The normalized spacial score (nSPS) is 42.9. The zero-order valence-electron chi connectivity index (χ0n) is 14.1. The molecule has 24 heavy (non-hydrogen) atoms. The second-order valence-electron chi connectivity index (χ2n) is 7.92. The summed E-state index contributed by atoms with van der Waals surface area (Å²) in [7, 11) is 3.81. The summed E-state index contributed by atoms with van der Waals surface area (Å²) < 4.78 is 12.1. The molecule has 2 aromatic rings. The average Bonchev–Trinajstić information content (AvgIpc) is 3.33. The Kier molecular flexibility index (Phi) is 2.56. The van der Waals surface area contributed by atoms with Crippen LogP contribution in [-0.4, -0.2) is 26.4 Å². The summed E-state index contributed by atoms with van der Waals surface area (Å²) in [6, 6.07) is 18.1. The van der Waals surface area contributed by atoms with Crippen molar-refractivity contribution in [2.45, 2.75) is 35.9 Å². The smallest absolute Gasteiger partial charge is 0.0714 e. The number of ether oxygens (including phenoxy) is 2. The number of methoxy groups -OCH3 is 2. The molecular weight excluding hydrogens is 296 g/mol. The number of benzene rings is 2. The fourth-order valence-corrected chi connectivity index (χ4v) is 7.09. The molecule has 2 heteroatoms. The lowest BCUT2D eigenvalue weighted by Gasteiger charge is -2.36. The Balaban J connectivity index is 1.58. The summed E-state index contributed by atoms with van der Waals surface area (Å²) in [5, 5.41) is 0. The highest BCUT2D eigenvalue weighted by atomic mass is 16.5. The molecule has 0 aromatic heterocycles. The molecule has 122 valence electrons. The van der Waals surface area contributed by atoms with Gasteiger partial charge in [-0.15, -0.1) is 0 Å². The molecule has 0 aliphatic heterocycles. The van der Waals surface area contributed by atoms with Gasteiger partial charge >= 0.3 is 0 Å². The van der Waals surface area contributed by atoms with E-state index in [4.69, 9.17) is 9.47 Å². The minimum absolute atomic E-state index is 0.342. The summed E-state index contributed by atoms with van der Waals surface area (Å²) >= 11 is 0. The van der Waals surface area contributed by atoms with Crippen LogP contribution in [0, 0.1) is 11.8 Å². The van der Waals surface area contributed by atoms with E-state index in [9.17, 15) is 0 Å². The van der Waals surface area contributed by atoms with Gasteiger partial charge in [-0.3, -0.25) is 0 Å². The van der Waals surface area contributed by atoms with Gasteiger partial charge in [0.15, 0.2) is 0 Å². The molecule has 0 saturated heterocycles. The Bertz CT molecular complexity index is 697. The lowest BCUT2D eigenvalue weighted by molar-refractivity contribution is 0.0503. The maximum atomic E-state index is 6.07. The molecule has 2 aromatic carbocycles. The minimum Gasteiger partial charge on any atom is -0.380 e.